The molecule has 2 amide bonds. The van der Waals surface area contributed by atoms with Crippen molar-refractivity contribution >= 4 is 23.5 Å². The topological polar surface area (TPSA) is 119 Å². The van der Waals surface area contributed by atoms with E-state index in [0.29, 0.717) is 47.2 Å². The number of likely N-dealkylation sites (N-methyl/N-ethyl adjacent to an activating group) is 1. The lowest BCUT2D eigenvalue weighted by Gasteiger charge is -2.10. The van der Waals surface area contributed by atoms with Gasteiger partial charge in [0.25, 0.3) is 5.91 Å². The molecule has 2 heterocycles. The van der Waals surface area contributed by atoms with Gasteiger partial charge in [-0.2, -0.15) is 4.98 Å². The molecule has 0 radical (unpaired) electrons. The van der Waals surface area contributed by atoms with Gasteiger partial charge in [0.1, 0.15) is 0 Å². The van der Waals surface area contributed by atoms with Crippen LogP contribution in [0.3, 0.4) is 0 Å². The van der Waals surface area contributed by atoms with Crippen LogP contribution in [0.5, 0.6) is 0 Å². The average Bonchev–Trinajstić information content (AvgIpc) is 3.43. The Hall–Kier alpha value is -4.44. The van der Waals surface area contributed by atoms with Crippen molar-refractivity contribution in [2.45, 2.75) is 20.8 Å². The number of hydrogen-bond acceptors (Lipinski definition) is 8. The third-order valence-corrected chi connectivity index (χ3v) is 4.69. The molecule has 3 rings (SSSR count). The second kappa shape index (κ2) is 21.5. The molecule has 0 aliphatic carbocycles. The minimum absolute atomic E-state index is 0.108. The molecule has 10 heteroatoms. The van der Waals surface area contributed by atoms with E-state index in [2.05, 4.69) is 27.2 Å². The van der Waals surface area contributed by atoms with Gasteiger partial charge in [-0.1, -0.05) is 32.6 Å². The number of ether oxygens (including phenoxy) is 2. The number of fused-ring (bicyclic) bond motifs is 1. The van der Waals surface area contributed by atoms with E-state index in [1.165, 1.54) is 0 Å². The Morgan fingerprint density at radius 1 is 1.12 bits per heavy atom. The molecule has 2 N–H and O–H groups in total. The Morgan fingerprint density at radius 2 is 1.80 bits per heavy atom. The molecular weight excluding hydrogens is 510 g/mol. The first-order valence-electron chi connectivity index (χ1n) is 12.8. The van der Waals surface area contributed by atoms with E-state index in [4.69, 9.17) is 18.7 Å². The summed E-state index contributed by atoms with van der Waals surface area (Å²) in [5.41, 5.74) is 2.52. The van der Waals surface area contributed by atoms with Gasteiger partial charge in [0.15, 0.2) is 22.7 Å². The Bertz CT molecular complexity index is 1180. The first-order chi connectivity index (χ1) is 19.3. The molecule has 3 aromatic rings. The predicted octanol–water partition coefficient (Wildman–Crippen LogP) is 4.82. The summed E-state index contributed by atoms with van der Waals surface area (Å²) in [7, 11) is 8.67. The summed E-state index contributed by atoms with van der Waals surface area (Å²) in [4.78, 5) is 31.8. The molecule has 0 spiro atoms. The normalized spacial score (nSPS) is 10.5. The van der Waals surface area contributed by atoms with Gasteiger partial charge < -0.3 is 29.4 Å². The largest absolute Gasteiger partial charge is 0.493 e. The number of oxazole rings is 1. The van der Waals surface area contributed by atoms with E-state index in [-0.39, 0.29) is 5.91 Å². The fourth-order valence-corrected chi connectivity index (χ4v) is 2.87. The molecule has 0 saturated heterocycles. The zero-order chi connectivity index (χ0) is 30.3. The second-order valence-corrected chi connectivity index (χ2v) is 7.73. The lowest BCUT2D eigenvalue weighted by Crippen LogP contribution is -2.31. The van der Waals surface area contributed by atoms with E-state index in [9.17, 15) is 4.79 Å². The van der Waals surface area contributed by atoms with E-state index in [1.807, 2.05) is 70.1 Å². The smallest absolute Gasteiger partial charge is 0.251 e. The van der Waals surface area contributed by atoms with Crippen LogP contribution in [0, 0.1) is 0 Å². The first kappa shape index (κ1) is 35.6. The highest BCUT2D eigenvalue weighted by Crippen LogP contribution is 2.23. The minimum atomic E-state index is -0.108. The molecule has 10 nitrogen and oxygen atoms in total. The molecule has 1 aromatic carbocycles. The molecule has 0 saturated carbocycles. The number of rotatable bonds is 10. The summed E-state index contributed by atoms with van der Waals surface area (Å²) in [5.74, 6) is 1.68. The summed E-state index contributed by atoms with van der Waals surface area (Å²) in [5, 5.41) is 5.14. The SMILES string of the molecule is C=C/C(OC)=C(\C=C/C)OC.CC.CN(C)CCNC(=O)c1cccc(-c2nc3ncccc3o2)c1.CNC=O. The van der Waals surface area contributed by atoms with Gasteiger partial charge in [-0.05, 0) is 63.5 Å². The van der Waals surface area contributed by atoms with Gasteiger partial charge in [-0.15, -0.1) is 0 Å². The number of carbonyl (C=O) groups is 2. The number of carbonyl (C=O) groups excluding carboxylic acids is 2. The van der Waals surface area contributed by atoms with Crippen molar-refractivity contribution in [1.29, 1.82) is 0 Å². The van der Waals surface area contributed by atoms with Crippen LogP contribution in [0.15, 0.2) is 83.3 Å². The predicted molar refractivity (Wildman–Crippen MR) is 161 cm³/mol. The number of allylic oxidation sites excluding steroid dienone is 3. The molecule has 0 aliphatic rings. The van der Waals surface area contributed by atoms with E-state index >= 15 is 0 Å². The summed E-state index contributed by atoms with van der Waals surface area (Å²) < 4.78 is 15.7. The van der Waals surface area contributed by atoms with Crippen molar-refractivity contribution in [2.24, 2.45) is 0 Å². The molecule has 0 atom stereocenters. The number of pyridine rings is 1. The molecule has 0 bridgehead atoms. The highest BCUT2D eigenvalue weighted by molar-refractivity contribution is 5.95. The van der Waals surface area contributed by atoms with Crippen LogP contribution in [-0.4, -0.2) is 75.6 Å². The van der Waals surface area contributed by atoms with Gasteiger partial charge in [0, 0.05) is 37.5 Å². The first-order valence-corrected chi connectivity index (χ1v) is 12.8. The summed E-state index contributed by atoms with van der Waals surface area (Å²) in [6.45, 7) is 10.9. The molecule has 0 aliphatic heterocycles. The van der Waals surface area contributed by atoms with Crippen LogP contribution in [0.25, 0.3) is 22.7 Å². The summed E-state index contributed by atoms with van der Waals surface area (Å²) in [6.07, 6.45) is 7.60. The van der Waals surface area contributed by atoms with Gasteiger partial charge >= 0.3 is 0 Å². The Kier molecular flexibility index (Phi) is 19.1. The number of aromatic nitrogens is 2. The summed E-state index contributed by atoms with van der Waals surface area (Å²) in [6, 6.07) is 10.8. The standard InChI is InChI=1S/C17H18N4O2.C9H14O2.C2H5NO.C2H6/c1-21(2)10-9-19-16(22)12-5-3-6-13(11-12)17-20-15-14(23-17)7-4-8-18-15;1-5-7-9(11-4)8(6-2)10-3;1-3-2-4;1-2/h3-8,11H,9-10H2,1-2H3,(H,19,22);5-7H,2H2,1,3-4H3;2H,1H3,(H,3,4);1-2H3/b;7-5-,9-8-;;. The average molecular weight is 554 g/mol. The molecular formula is C30H43N5O5. The van der Waals surface area contributed by atoms with Gasteiger partial charge in [-0.25, -0.2) is 4.98 Å². The lowest BCUT2D eigenvalue weighted by atomic mass is 10.1. The van der Waals surface area contributed by atoms with Gasteiger partial charge in [0.2, 0.25) is 12.3 Å². The Morgan fingerprint density at radius 3 is 2.33 bits per heavy atom. The zero-order valence-corrected chi connectivity index (χ0v) is 24.9. The van der Waals surface area contributed by atoms with Crippen molar-refractivity contribution in [2.75, 3.05) is 48.5 Å². The third kappa shape index (κ3) is 12.9. The van der Waals surface area contributed by atoms with Crippen molar-refractivity contribution in [1.82, 2.24) is 25.5 Å². The summed E-state index contributed by atoms with van der Waals surface area (Å²) >= 11 is 0. The maximum atomic E-state index is 12.2. The molecule has 40 heavy (non-hydrogen) atoms. The van der Waals surface area contributed by atoms with Crippen LogP contribution in [0.4, 0.5) is 0 Å². The zero-order valence-electron chi connectivity index (χ0n) is 24.9. The maximum Gasteiger partial charge on any atom is 0.251 e. The van der Waals surface area contributed by atoms with Gasteiger partial charge in [0.05, 0.1) is 14.2 Å². The fraction of sp³-hybridized carbons (Fsp3) is 0.333. The maximum absolute atomic E-state index is 12.2. The number of benzene rings is 1. The Labute approximate surface area is 237 Å². The van der Waals surface area contributed by atoms with Crippen molar-refractivity contribution in [3.05, 3.63) is 84.5 Å². The van der Waals surface area contributed by atoms with Crippen LogP contribution in [-0.2, 0) is 14.3 Å². The molecule has 0 fully saturated rings. The van der Waals surface area contributed by atoms with Crippen molar-refractivity contribution < 1.29 is 23.5 Å². The van der Waals surface area contributed by atoms with E-state index < -0.39 is 0 Å². The monoisotopic (exact) mass is 553 g/mol. The van der Waals surface area contributed by atoms with Crippen molar-refractivity contribution in [3.8, 4) is 11.5 Å². The minimum Gasteiger partial charge on any atom is -0.493 e. The van der Waals surface area contributed by atoms with Crippen LogP contribution in [0.1, 0.15) is 31.1 Å². The fourth-order valence-electron chi connectivity index (χ4n) is 2.87. The highest BCUT2D eigenvalue weighted by atomic mass is 16.5. The number of nitrogens with one attached hydrogen (secondary N) is 2. The molecule has 0 unspecified atom stereocenters. The van der Waals surface area contributed by atoms with Crippen LogP contribution in [0.2, 0.25) is 0 Å². The Balaban J connectivity index is 0.000000751. The van der Waals surface area contributed by atoms with Crippen LogP contribution >= 0.6 is 0 Å². The quantitative estimate of drug-likeness (QED) is 0.208. The van der Waals surface area contributed by atoms with Gasteiger partial charge in [-0.3, -0.25) is 9.59 Å². The van der Waals surface area contributed by atoms with Crippen molar-refractivity contribution in [3.63, 3.8) is 0 Å². The molecule has 218 valence electrons. The third-order valence-electron chi connectivity index (χ3n) is 4.69. The lowest BCUT2D eigenvalue weighted by molar-refractivity contribution is -0.109. The number of methoxy groups -OCH3 is 2. The number of nitrogens with zero attached hydrogens (tertiary/aromatic N) is 3. The second-order valence-electron chi connectivity index (χ2n) is 7.73. The molecule has 2 aromatic heterocycles. The van der Waals surface area contributed by atoms with Crippen LogP contribution < -0.4 is 10.6 Å². The van der Waals surface area contributed by atoms with E-state index in [0.717, 1.165) is 12.1 Å². The number of amides is 2. The van der Waals surface area contributed by atoms with E-state index in [1.54, 1.807) is 51.7 Å². The highest BCUT2D eigenvalue weighted by Gasteiger charge is 2.11. The number of hydrogen-bond donors (Lipinski definition) is 2.